The maximum atomic E-state index is 5.63. The van der Waals surface area contributed by atoms with Crippen LogP contribution < -0.4 is 0 Å². The van der Waals surface area contributed by atoms with Crippen molar-refractivity contribution in [2.75, 3.05) is 13.2 Å². The molecule has 2 nitrogen and oxygen atoms in total. The van der Waals surface area contributed by atoms with Gasteiger partial charge in [-0.1, -0.05) is 68.5 Å². The van der Waals surface area contributed by atoms with Crippen molar-refractivity contribution in [2.45, 2.75) is 65.1 Å². The Hall–Kier alpha value is -1.12. The molecule has 2 rings (SSSR count). The van der Waals surface area contributed by atoms with Crippen LogP contribution in [0.5, 0.6) is 0 Å². The summed E-state index contributed by atoms with van der Waals surface area (Å²) in [4.78, 5) is 0. The van der Waals surface area contributed by atoms with Crippen LogP contribution >= 0.6 is 0 Å². The number of hydrogen-bond acceptors (Lipinski definition) is 2. The molecule has 0 spiro atoms. The summed E-state index contributed by atoms with van der Waals surface area (Å²) in [5, 5.41) is 0. The predicted molar refractivity (Wildman–Crippen MR) is 92.0 cm³/mol. The van der Waals surface area contributed by atoms with Crippen LogP contribution in [0.2, 0.25) is 0 Å². The van der Waals surface area contributed by atoms with Gasteiger partial charge in [0.1, 0.15) is 0 Å². The molecule has 22 heavy (non-hydrogen) atoms. The maximum Gasteiger partial charge on any atom is 0.184 e. The van der Waals surface area contributed by atoms with E-state index in [0.29, 0.717) is 19.1 Å². The Bertz CT molecular complexity index is 468. The fraction of sp³-hybridized carbons (Fsp3) is 0.600. The highest BCUT2D eigenvalue weighted by molar-refractivity contribution is 5.30. The molecular weight excluding hydrogens is 272 g/mol. The fourth-order valence-corrected chi connectivity index (χ4v) is 3.03. The number of hydrogen-bond donors (Lipinski definition) is 0. The fourth-order valence-electron chi connectivity index (χ4n) is 3.03. The van der Waals surface area contributed by atoms with Gasteiger partial charge < -0.3 is 9.47 Å². The van der Waals surface area contributed by atoms with Gasteiger partial charge in [0.15, 0.2) is 6.29 Å². The molecule has 0 aliphatic carbocycles. The predicted octanol–water partition coefficient (Wildman–Crippen LogP) is 5.75. The van der Waals surface area contributed by atoms with Crippen LogP contribution in [0.15, 0.2) is 35.9 Å². The summed E-state index contributed by atoms with van der Waals surface area (Å²) in [7, 11) is 0. The van der Waals surface area contributed by atoms with E-state index in [-0.39, 0.29) is 6.29 Å². The normalized spacial score (nSPS) is 16.7. The molecule has 122 valence electrons. The second kappa shape index (κ2) is 9.12. The van der Waals surface area contributed by atoms with E-state index in [1.54, 1.807) is 0 Å². The number of benzene rings is 1. The van der Waals surface area contributed by atoms with Crippen molar-refractivity contribution in [1.29, 1.82) is 0 Å². The number of rotatable bonds is 8. The molecule has 1 heterocycles. The van der Waals surface area contributed by atoms with Crippen molar-refractivity contribution >= 4 is 0 Å². The van der Waals surface area contributed by atoms with E-state index in [0.717, 1.165) is 5.56 Å². The topological polar surface area (TPSA) is 18.5 Å². The van der Waals surface area contributed by atoms with Crippen LogP contribution in [-0.2, 0) is 9.47 Å². The van der Waals surface area contributed by atoms with Crippen LogP contribution in [0.1, 0.15) is 76.2 Å². The maximum absolute atomic E-state index is 5.63. The second-order valence-electron chi connectivity index (χ2n) is 6.44. The van der Waals surface area contributed by atoms with Crippen molar-refractivity contribution < 1.29 is 9.47 Å². The van der Waals surface area contributed by atoms with E-state index in [1.165, 1.54) is 43.2 Å². The van der Waals surface area contributed by atoms with Gasteiger partial charge in [0.05, 0.1) is 13.2 Å². The van der Waals surface area contributed by atoms with Gasteiger partial charge in [-0.15, -0.1) is 0 Å². The molecule has 1 saturated heterocycles. The van der Waals surface area contributed by atoms with Gasteiger partial charge in [0, 0.05) is 11.5 Å². The molecular formula is C20H30O2. The zero-order valence-electron chi connectivity index (χ0n) is 14.3. The Morgan fingerprint density at radius 2 is 1.95 bits per heavy atom. The molecule has 1 aromatic rings. The van der Waals surface area contributed by atoms with Gasteiger partial charge in [0.2, 0.25) is 0 Å². The minimum atomic E-state index is -0.174. The zero-order valence-corrected chi connectivity index (χ0v) is 14.3. The summed E-state index contributed by atoms with van der Waals surface area (Å²) < 4.78 is 11.3. The van der Waals surface area contributed by atoms with Gasteiger partial charge in [-0.05, 0) is 25.8 Å². The highest BCUT2D eigenvalue weighted by atomic mass is 16.7. The minimum Gasteiger partial charge on any atom is -0.346 e. The van der Waals surface area contributed by atoms with E-state index in [2.05, 4.69) is 51.1 Å². The lowest BCUT2D eigenvalue weighted by atomic mass is 9.90. The monoisotopic (exact) mass is 302 g/mol. The third-order valence-corrected chi connectivity index (χ3v) is 4.14. The number of allylic oxidation sites excluding steroid dienone is 2. The molecule has 0 amide bonds. The number of ether oxygens (including phenoxy) is 2. The molecule has 0 aromatic heterocycles. The minimum absolute atomic E-state index is 0.174. The standard InChI is InChI=1S/C20H30O2/c1-4-5-6-7-9-17(14-16(2)3)18-10-8-11-19(15-18)20-21-12-13-22-20/h8,10-11,14-15,17,20H,4-7,9,12-13H2,1-3H3. The molecule has 1 aliphatic rings. The molecule has 0 bridgehead atoms. The summed E-state index contributed by atoms with van der Waals surface area (Å²) in [5.41, 5.74) is 3.92. The SMILES string of the molecule is CCCCCCC(C=C(C)C)c1cccc(C2OCCO2)c1. The first kappa shape index (κ1) is 17.2. The Balaban J connectivity index is 2.08. The third-order valence-electron chi connectivity index (χ3n) is 4.14. The molecule has 0 saturated carbocycles. The van der Waals surface area contributed by atoms with Gasteiger partial charge in [-0.25, -0.2) is 0 Å². The van der Waals surface area contributed by atoms with E-state index in [1.807, 2.05) is 0 Å². The van der Waals surface area contributed by atoms with Crippen LogP contribution in [0.4, 0.5) is 0 Å². The van der Waals surface area contributed by atoms with Crippen molar-refractivity contribution in [3.8, 4) is 0 Å². The first-order valence-corrected chi connectivity index (χ1v) is 8.68. The molecule has 0 radical (unpaired) electrons. The van der Waals surface area contributed by atoms with Gasteiger partial charge in [0.25, 0.3) is 0 Å². The quantitative estimate of drug-likeness (QED) is 0.449. The van der Waals surface area contributed by atoms with Crippen molar-refractivity contribution in [3.05, 3.63) is 47.0 Å². The first-order valence-electron chi connectivity index (χ1n) is 8.68. The number of unbranched alkanes of at least 4 members (excludes halogenated alkanes) is 3. The van der Waals surface area contributed by atoms with Crippen molar-refractivity contribution in [3.63, 3.8) is 0 Å². The lowest BCUT2D eigenvalue weighted by Gasteiger charge is -2.17. The van der Waals surface area contributed by atoms with Crippen LogP contribution in [-0.4, -0.2) is 13.2 Å². The van der Waals surface area contributed by atoms with E-state index in [9.17, 15) is 0 Å². The van der Waals surface area contributed by atoms with E-state index in [4.69, 9.17) is 9.47 Å². The molecule has 0 N–H and O–H groups in total. The molecule has 1 aromatic carbocycles. The van der Waals surface area contributed by atoms with Gasteiger partial charge in [-0.3, -0.25) is 0 Å². The second-order valence-corrected chi connectivity index (χ2v) is 6.44. The Morgan fingerprint density at radius 1 is 1.18 bits per heavy atom. The smallest absolute Gasteiger partial charge is 0.184 e. The van der Waals surface area contributed by atoms with Crippen LogP contribution in [0, 0.1) is 0 Å². The van der Waals surface area contributed by atoms with Crippen molar-refractivity contribution in [2.24, 2.45) is 0 Å². The average molecular weight is 302 g/mol. The van der Waals surface area contributed by atoms with Crippen LogP contribution in [0.3, 0.4) is 0 Å². The van der Waals surface area contributed by atoms with Gasteiger partial charge >= 0.3 is 0 Å². The molecule has 2 heteroatoms. The highest BCUT2D eigenvalue weighted by Crippen LogP contribution is 2.30. The highest BCUT2D eigenvalue weighted by Gasteiger charge is 2.19. The summed E-state index contributed by atoms with van der Waals surface area (Å²) in [6.45, 7) is 8.03. The van der Waals surface area contributed by atoms with E-state index < -0.39 is 0 Å². The summed E-state index contributed by atoms with van der Waals surface area (Å²) in [6.07, 6.45) is 8.71. The molecule has 1 unspecified atom stereocenters. The first-order chi connectivity index (χ1) is 10.7. The Kier molecular flexibility index (Phi) is 7.14. The average Bonchev–Trinajstić information content (AvgIpc) is 3.04. The summed E-state index contributed by atoms with van der Waals surface area (Å²) >= 11 is 0. The molecule has 1 aliphatic heterocycles. The van der Waals surface area contributed by atoms with Gasteiger partial charge in [-0.2, -0.15) is 0 Å². The van der Waals surface area contributed by atoms with E-state index >= 15 is 0 Å². The Morgan fingerprint density at radius 3 is 2.64 bits per heavy atom. The lowest BCUT2D eigenvalue weighted by Crippen LogP contribution is -2.02. The third kappa shape index (κ3) is 5.26. The summed E-state index contributed by atoms with van der Waals surface area (Å²) in [5.74, 6) is 0.503. The Labute approximate surface area is 135 Å². The van der Waals surface area contributed by atoms with Crippen molar-refractivity contribution in [1.82, 2.24) is 0 Å². The van der Waals surface area contributed by atoms with Crippen LogP contribution in [0.25, 0.3) is 0 Å². The molecule has 1 fully saturated rings. The largest absolute Gasteiger partial charge is 0.346 e. The molecule has 1 atom stereocenters. The zero-order chi connectivity index (χ0) is 15.8. The summed E-state index contributed by atoms with van der Waals surface area (Å²) in [6, 6.07) is 8.74. The lowest BCUT2D eigenvalue weighted by molar-refractivity contribution is -0.0441.